The van der Waals surface area contributed by atoms with Gasteiger partial charge in [0.25, 0.3) is 0 Å². The molecule has 1 saturated heterocycles. The number of nitrogens with zero attached hydrogens (tertiary/aromatic N) is 1. The Morgan fingerprint density at radius 3 is 2.47 bits per heavy atom. The molecule has 1 aromatic rings. The van der Waals surface area contributed by atoms with Crippen molar-refractivity contribution in [2.24, 2.45) is 0 Å². The standard InChI is InChI=1S/C15H22N2O2/c1-2-16-15(12-14(18)19)8-10-17(11-9-15)13-6-4-3-5-7-13/h3-7,16H,2,8-12H2,1H3,(H,18,19). The van der Waals surface area contributed by atoms with E-state index in [1.165, 1.54) is 5.69 Å². The minimum absolute atomic E-state index is 0.212. The summed E-state index contributed by atoms with van der Waals surface area (Å²) < 4.78 is 0. The third-order valence-electron chi connectivity index (χ3n) is 3.88. The lowest BCUT2D eigenvalue weighted by molar-refractivity contribution is -0.139. The molecule has 2 rings (SSSR count). The van der Waals surface area contributed by atoms with Crippen molar-refractivity contribution in [1.82, 2.24) is 5.32 Å². The van der Waals surface area contributed by atoms with Crippen molar-refractivity contribution in [3.63, 3.8) is 0 Å². The number of hydrogen-bond donors (Lipinski definition) is 2. The van der Waals surface area contributed by atoms with Crippen molar-refractivity contribution in [1.29, 1.82) is 0 Å². The largest absolute Gasteiger partial charge is 0.481 e. The highest BCUT2D eigenvalue weighted by Crippen LogP contribution is 2.28. The number of carbonyl (C=O) groups is 1. The van der Waals surface area contributed by atoms with Crippen LogP contribution in [0.5, 0.6) is 0 Å². The summed E-state index contributed by atoms with van der Waals surface area (Å²) in [5.74, 6) is -0.714. The zero-order chi connectivity index (χ0) is 13.7. The molecule has 0 unspecified atom stereocenters. The maximum absolute atomic E-state index is 11.0. The summed E-state index contributed by atoms with van der Waals surface area (Å²) >= 11 is 0. The highest BCUT2D eigenvalue weighted by Gasteiger charge is 2.35. The van der Waals surface area contributed by atoms with Crippen LogP contribution in [0.4, 0.5) is 5.69 Å². The van der Waals surface area contributed by atoms with Crippen molar-refractivity contribution >= 4 is 11.7 Å². The number of benzene rings is 1. The third-order valence-corrected chi connectivity index (χ3v) is 3.88. The quantitative estimate of drug-likeness (QED) is 0.853. The van der Waals surface area contributed by atoms with Gasteiger partial charge < -0.3 is 15.3 Å². The SMILES string of the molecule is CCNC1(CC(=O)O)CCN(c2ccccc2)CC1. The fourth-order valence-corrected chi connectivity index (χ4v) is 2.91. The van der Waals surface area contributed by atoms with E-state index in [2.05, 4.69) is 22.3 Å². The number of aliphatic carboxylic acids is 1. The molecule has 0 radical (unpaired) electrons. The Kier molecular flexibility index (Phi) is 4.43. The molecule has 104 valence electrons. The molecule has 0 saturated carbocycles. The molecule has 1 fully saturated rings. The second kappa shape index (κ2) is 6.06. The normalized spacial score (nSPS) is 18.3. The van der Waals surface area contributed by atoms with Gasteiger partial charge in [0, 0.05) is 24.3 Å². The van der Waals surface area contributed by atoms with Gasteiger partial charge >= 0.3 is 5.97 Å². The number of anilines is 1. The van der Waals surface area contributed by atoms with Crippen LogP contribution in [-0.2, 0) is 4.79 Å². The summed E-state index contributed by atoms with van der Waals surface area (Å²) in [4.78, 5) is 13.4. The van der Waals surface area contributed by atoms with Gasteiger partial charge in [-0.15, -0.1) is 0 Å². The van der Waals surface area contributed by atoms with Gasteiger partial charge in [0.15, 0.2) is 0 Å². The number of para-hydroxylation sites is 1. The number of hydrogen-bond acceptors (Lipinski definition) is 3. The molecule has 0 amide bonds. The maximum Gasteiger partial charge on any atom is 0.305 e. The van der Waals surface area contributed by atoms with Gasteiger partial charge in [0.2, 0.25) is 0 Å². The smallest absolute Gasteiger partial charge is 0.305 e. The van der Waals surface area contributed by atoms with Crippen molar-refractivity contribution in [2.75, 3.05) is 24.5 Å². The Morgan fingerprint density at radius 1 is 1.32 bits per heavy atom. The first-order valence-corrected chi connectivity index (χ1v) is 6.92. The van der Waals surface area contributed by atoms with Gasteiger partial charge in [-0.25, -0.2) is 0 Å². The zero-order valence-corrected chi connectivity index (χ0v) is 11.4. The van der Waals surface area contributed by atoms with Gasteiger partial charge in [-0.3, -0.25) is 4.79 Å². The Bertz CT molecular complexity index is 411. The minimum Gasteiger partial charge on any atom is -0.481 e. The van der Waals surface area contributed by atoms with Crippen LogP contribution < -0.4 is 10.2 Å². The minimum atomic E-state index is -0.714. The second-order valence-electron chi connectivity index (χ2n) is 5.20. The van der Waals surface area contributed by atoms with E-state index in [-0.39, 0.29) is 12.0 Å². The van der Waals surface area contributed by atoms with E-state index < -0.39 is 5.97 Å². The monoisotopic (exact) mass is 262 g/mol. The molecule has 4 nitrogen and oxygen atoms in total. The molecule has 0 aromatic heterocycles. The number of carboxylic acids is 1. The number of carboxylic acid groups (broad SMARTS) is 1. The van der Waals surface area contributed by atoms with Crippen LogP contribution in [0.25, 0.3) is 0 Å². The van der Waals surface area contributed by atoms with Crippen LogP contribution in [0, 0.1) is 0 Å². The molecule has 1 aliphatic heterocycles. The third kappa shape index (κ3) is 3.47. The van der Waals surface area contributed by atoms with Crippen LogP contribution in [-0.4, -0.2) is 36.2 Å². The van der Waals surface area contributed by atoms with Gasteiger partial charge in [-0.1, -0.05) is 25.1 Å². The van der Waals surface area contributed by atoms with E-state index in [1.54, 1.807) is 0 Å². The first-order chi connectivity index (χ1) is 9.15. The van der Waals surface area contributed by atoms with E-state index in [0.29, 0.717) is 0 Å². The number of rotatable bonds is 5. The summed E-state index contributed by atoms with van der Waals surface area (Å²) in [5, 5.41) is 12.5. The van der Waals surface area contributed by atoms with Crippen LogP contribution in [0.2, 0.25) is 0 Å². The maximum atomic E-state index is 11.0. The predicted molar refractivity (Wildman–Crippen MR) is 76.5 cm³/mol. The fraction of sp³-hybridized carbons (Fsp3) is 0.533. The van der Waals surface area contributed by atoms with Crippen LogP contribution in [0.15, 0.2) is 30.3 Å². The lowest BCUT2D eigenvalue weighted by Gasteiger charge is -2.42. The summed E-state index contributed by atoms with van der Waals surface area (Å²) in [5.41, 5.74) is 0.995. The molecule has 19 heavy (non-hydrogen) atoms. The molecule has 0 aliphatic carbocycles. The van der Waals surface area contributed by atoms with Crippen LogP contribution in [0.3, 0.4) is 0 Å². The van der Waals surface area contributed by atoms with Crippen molar-refractivity contribution in [3.05, 3.63) is 30.3 Å². The molecule has 0 atom stereocenters. The van der Waals surface area contributed by atoms with E-state index >= 15 is 0 Å². The highest BCUT2D eigenvalue weighted by atomic mass is 16.4. The van der Waals surface area contributed by atoms with Gasteiger partial charge in [0.05, 0.1) is 6.42 Å². The summed E-state index contributed by atoms with van der Waals surface area (Å²) in [6.07, 6.45) is 1.97. The molecule has 0 spiro atoms. The first kappa shape index (κ1) is 13.9. The molecule has 1 aliphatic rings. The van der Waals surface area contributed by atoms with Gasteiger partial charge in [-0.05, 0) is 31.5 Å². The molecule has 1 heterocycles. The molecule has 2 N–H and O–H groups in total. The topological polar surface area (TPSA) is 52.6 Å². The molecular formula is C15H22N2O2. The average molecular weight is 262 g/mol. The second-order valence-corrected chi connectivity index (χ2v) is 5.20. The average Bonchev–Trinajstić information content (AvgIpc) is 2.40. The lowest BCUT2D eigenvalue weighted by atomic mass is 9.84. The van der Waals surface area contributed by atoms with Gasteiger partial charge in [-0.2, -0.15) is 0 Å². The molecule has 0 bridgehead atoms. The molecule has 1 aromatic carbocycles. The molecule has 4 heteroatoms. The predicted octanol–water partition coefficient (Wildman–Crippen LogP) is 2.11. The van der Waals surface area contributed by atoms with E-state index in [4.69, 9.17) is 5.11 Å². The van der Waals surface area contributed by atoms with Crippen LogP contribution in [0.1, 0.15) is 26.2 Å². The Balaban J connectivity index is 2.01. The van der Waals surface area contributed by atoms with Crippen LogP contribution >= 0.6 is 0 Å². The van der Waals surface area contributed by atoms with E-state index in [9.17, 15) is 4.79 Å². The number of nitrogens with one attached hydrogen (secondary N) is 1. The van der Waals surface area contributed by atoms with Crippen molar-refractivity contribution < 1.29 is 9.90 Å². The van der Waals surface area contributed by atoms with E-state index in [1.807, 2.05) is 25.1 Å². The first-order valence-electron chi connectivity index (χ1n) is 6.92. The Morgan fingerprint density at radius 2 is 1.95 bits per heavy atom. The van der Waals surface area contributed by atoms with Crippen molar-refractivity contribution in [3.8, 4) is 0 Å². The zero-order valence-electron chi connectivity index (χ0n) is 11.4. The number of piperidine rings is 1. The summed E-state index contributed by atoms with van der Waals surface area (Å²) in [6, 6.07) is 10.3. The fourth-order valence-electron chi connectivity index (χ4n) is 2.91. The lowest BCUT2D eigenvalue weighted by Crippen LogP contribution is -2.54. The van der Waals surface area contributed by atoms with E-state index in [0.717, 1.165) is 32.5 Å². The molecular weight excluding hydrogens is 240 g/mol. The Hall–Kier alpha value is -1.55. The van der Waals surface area contributed by atoms with Gasteiger partial charge in [0.1, 0.15) is 0 Å². The summed E-state index contributed by atoms with van der Waals surface area (Å²) in [6.45, 7) is 4.67. The van der Waals surface area contributed by atoms with Crippen molar-refractivity contribution in [2.45, 2.75) is 31.7 Å². The summed E-state index contributed by atoms with van der Waals surface area (Å²) in [7, 11) is 0. The highest BCUT2D eigenvalue weighted by molar-refractivity contribution is 5.68. The Labute approximate surface area is 114 Å².